The van der Waals surface area contributed by atoms with Crippen LogP contribution in [0.25, 0.3) is 11.3 Å². The number of nitrogens with one attached hydrogen (secondary N) is 2. The third-order valence-electron chi connectivity index (χ3n) is 5.19. The summed E-state index contributed by atoms with van der Waals surface area (Å²) in [5, 5.41) is 26.4. The van der Waals surface area contributed by atoms with Crippen LogP contribution in [0.3, 0.4) is 0 Å². The SMILES string of the molecule is O=C(Cn1cc(-c2ccccc2F)nn1)N[C@H](Cc1ccccc1)[C@H](O)C(=O)NCc1nccs1. The van der Waals surface area contributed by atoms with Crippen molar-refractivity contribution in [3.8, 4) is 11.3 Å². The average Bonchev–Trinajstić information content (AvgIpc) is 3.55. The average molecular weight is 495 g/mol. The first-order valence-electron chi connectivity index (χ1n) is 10.8. The van der Waals surface area contributed by atoms with Gasteiger partial charge in [-0.2, -0.15) is 0 Å². The molecule has 0 bridgehead atoms. The van der Waals surface area contributed by atoms with Gasteiger partial charge in [0.1, 0.15) is 23.1 Å². The van der Waals surface area contributed by atoms with Gasteiger partial charge in [-0.15, -0.1) is 16.4 Å². The number of rotatable bonds is 10. The normalized spacial score (nSPS) is 12.6. The van der Waals surface area contributed by atoms with Crippen molar-refractivity contribution in [2.75, 3.05) is 0 Å². The molecule has 0 aliphatic carbocycles. The number of halogens is 1. The Balaban J connectivity index is 1.42. The van der Waals surface area contributed by atoms with Gasteiger partial charge in [-0.1, -0.05) is 47.7 Å². The summed E-state index contributed by atoms with van der Waals surface area (Å²) in [6.07, 6.45) is 1.82. The molecule has 0 unspecified atom stereocenters. The number of hydrogen-bond donors (Lipinski definition) is 3. The summed E-state index contributed by atoms with van der Waals surface area (Å²) in [7, 11) is 0. The van der Waals surface area contributed by atoms with Crippen LogP contribution in [-0.2, 0) is 29.1 Å². The molecule has 0 saturated carbocycles. The Morgan fingerprint density at radius 1 is 1.11 bits per heavy atom. The smallest absolute Gasteiger partial charge is 0.251 e. The second-order valence-corrected chi connectivity index (χ2v) is 8.71. The zero-order valence-electron chi connectivity index (χ0n) is 18.5. The van der Waals surface area contributed by atoms with Gasteiger partial charge in [0.15, 0.2) is 6.10 Å². The van der Waals surface area contributed by atoms with E-state index in [4.69, 9.17) is 0 Å². The van der Waals surface area contributed by atoms with Crippen molar-refractivity contribution in [1.29, 1.82) is 0 Å². The van der Waals surface area contributed by atoms with Crippen LogP contribution in [0.15, 0.2) is 72.4 Å². The van der Waals surface area contributed by atoms with Gasteiger partial charge in [0.2, 0.25) is 5.91 Å². The highest BCUT2D eigenvalue weighted by molar-refractivity contribution is 7.09. The number of amides is 2. The van der Waals surface area contributed by atoms with E-state index in [0.29, 0.717) is 10.7 Å². The summed E-state index contributed by atoms with van der Waals surface area (Å²) in [6.45, 7) is -0.0441. The molecule has 4 aromatic rings. The summed E-state index contributed by atoms with van der Waals surface area (Å²) >= 11 is 1.38. The molecule has 2 heterocycles. The maximum Gasteiger partial charge on any atom is 0.251 e. The lowest BCUT2D eigenvalue weighted by molar-refractivity contribution is -0.132. The lowest BCUT2D eigenvalue weighted by Gasteiger charge is -2.23. The molecule has 11 heteroatoms. The molecule has 2 aromatic carbocycles. The second kappa shape index (κ2) is 11.4. The van der Waals surface area contributed by atoms with Gasteiger partial charge >= 0.3 is 0 Å². The topological polar surface area (TPSA) is 122 Å². The first-order chi connectivity index (χ1) is 17.0. The summed E-state index contributed by atoms with van der Waals surface area (Å²) in [5.41, 5.74) is 1.40. The third kappa shape index (κ3) is 6.55. The standard InChI is InChI=1S/C24H23FN6O3S/c25-18-9-5-4-8-17(18)20-14-31(30-29-20)15-21(32)28-19(12-16-6-2-1-3-7-16)23(33)24(34)27-13-22-26-10-11-35-22/h1-11,14,19,23,33H,12-13,15H2,(H,27,34)(H,28,32)/t19-,23+/m1/s1. The molecular formula is C24H23FN6O3S. The van der Waals surface area contributed by atoms with Crippen molar-refractivity contribution >= 4 is 23.2 Å². The number of aliphatic hydroxyl groups excluding tert-OH is 1. The minimum Gasteiger partial charge on any atom is -0.381 e. The molecule has 0 spiro atoms. The zero-order chi connectivity index (χ0) is 24.6. The van der Waals surface area contributed by atoms with E-state index >= 15 is 0 Å². The number of nitrogens with zero attached hydrogens (tertiary/aromatic N) is 4. The van der Waals surface area contributed by atoms with Crippen molar-refractivity contribution in [1.82, 2.24) is 30.6 Å². The van der Waals surface area contributed by atoms with Gasteiger partial charge in [0.05, 0.1) is 18.8 Å². The van der Waals surface area contributed by atoms with Crippen molar-refractivity contribution in [3.63, 3.8) is 0 Å². The molecule has 3 N–H and O–H groups in total. The molecule has 2 aromatic heterocycles. The highest BCUT2D eigenvalue weighted by atomic mass is 32.1. The van der Waals surface area contributed by atoms with Crippen LogP contribution in [0, 0.1) is 5.82 Å². The fraction of sp³-hybridized carbons (Fsp3) is 0.208. The van der Waals surface area contributed by atoms with Crippen molar-refractivity contribution in [2.45, 2.75) is 31.7 Å². The van der Waals surface area contributed by atoms with Gasteiger partial charge < -0.3 is 15.7 Å². The maximum atomic E-state index is 14.0. The number of aliphatic hydroxyl groups is 1. The number of thiazole rings is 1. The summed E-state index contributed by atoms with van der Waals surface area (Å²) in [4.78, 5) is 29.5. The Labute approximate surface area is 204 Å². The van der Waals surface area contributed by atoms with Gasteiger partial charge in [0, 0.05) is 17.1 Å². The van der Waals surface area contributed by atoms with Crippen LogP contribution >= 0.6 is 11.3 Å². The first kappa shape index (κ1) is 24.2. The van der Waals surface area contributed by atoms with Gasteiger partial charge in [-0.3, -0.25) is 9.59 Å². The highest BCUT2D eigenvalue weighted by Crippen LogP contribution is 2.19. The first-order valence-corrected chi connectivity index (χ1v) is 11.7. The number of benzene rings is 2. The largest absolute Gasteiger partial charge is 0.381 e. The van der Waals surface area contributed by atoms with Gasteiger partial charge in [-0.05, 0) is 24.1 Å². The second-order valence-electron chi connectivity index (χ2n) is 7.73. The van der Waals surface area contributed by atoms with E-state index in [9.17, 15) is 19.1 Å². The van der Waals surface area contributed by atoms with E-state index < -0.39 is 29.8 Å². The van der Waals surface area contributed by atoms with Crippen LogP contribution in [-0.4, -0.2) is 49.0 Å². The van der Waals surface area contributed by atoms with E-state index in [0.717, 1.165) is 5.56 Å². The Hall–Kier alpha value is -3.96. The van der Waals surface area contributed by atoms with Crippen LogP contribution < -0.4 is 10.6 Å². The molecule has 35 heavy (non-hydrogen) atoms. The number of aromatic nitrogens is 4. The molecule has 9 nitrogen and oxygen atoms in total. The fourth-order valence-corrected chi connectivity index (χ4v) is 4.02. The van der Waals surface area contributed by atoms with E-state index in [1.165, 1.54) is 28.3 Å². The monoisotopic (exact) mass is 494 g/mol. The molecule has 2 atom stereocenters. The number of carbonyl (C=O) groups excluding carboxylic acids is 2. The van der Waals surface area contributed by atoms with Crippen molar-refractivity contribution in [2.24, 2.45) is 0 Å². The highest BCUT2D eigenvalue weighted by Gasteiger charge is 2.28. The molecule has 0 fully saturated rings. The van der Waals surface area contributed by atoms with E-state index in [2.05, 4.69) is 25.9 Å². The van der Waals surface area contributed by atoms with Gasteiger partial charge in [-0.25, -0.2) is 14.1 Å². The predicted octanol–water partition coefficient (Wildman–Crippen LogP) is 1.95. The molecule has 0 radical (unpaired) electrons. The lowest BCUT2D eigenvalue weighted by atomic mass is 10.0. The zero-order valence-corrected chi connectivity index (χ0v) is 19.4. The molecular weight excluding hydrogens is 471 g/mol. The Morgan fingerprint density at radius 3 is 2.63 bits per heavy atom. The molecule has 0 aliphatic heterocycles. The van der Waals surface area contributed by atoms with Crippen LogP contribution in [0.5, 0.6) is 0 Å². The summed E-state index contributed by atoms with van der Waals surface area (Å²) < 4.78 is 15.3. The van der Waals surface area contributed by atoms with Crippen molar-refractivity contribution in [3.05, 3.63) is 88.8 Å². The maximum absolute atomic E-state index is 14.0. The minimum atomic E-state index is -1.50. The van der Waals surface area contributed by atoms with Crippen LogP contribution in [0.2, 0.25) is 0 Å². The summed E-state index contributed by atoms with van der Waals surface area (Å²) in [6, 6.07) is 14.5. The predicted molar refractivity (Wildman–Crippen MR) is 127 cm³/mol. The Morgan fingerprint density at radius 2 is 1.89 bits per heavy atom. The lowest BCUT2D eigenvalue weighted by Crippen LogP contribution is -2.52. The van der Waals surface area contributed by atoms with Crippen LogP contribution in [0.1, 0.15) is 10.6 Å². The molecule has 2 amide bonds. The van der Waals surface area contributed by atoms with E-state index in [-0.39, 0.29) is 25.1 Å². The van der Waals surface area contributed by atoms with Gasteiger partial charge in [0.25, 0.3) is 5.91 Å². The Bertz CT molecular complexity index is 1270. The summed E-state index contributed by atoms with van der Waals surface area (Å²) in [5.74, 6) is -1.55. The molecule has 4 rings (SSSR count). The molecule has 0 saturated heterocycles. The number of carbonyl (C=O) groups is 2. The third-order valence-corrected chi connectivity index (χ3v) is 5.97. The van der Waals surface area contributed by atoms with Crippen molar-refractivity contribution < 1.29 is 19.1 Å². The minimum absolute atomic E-state index is 0.178. The van der Waals surface area contributed by atoms with E-state index in [1.54, 1.807) is 29.8 Å². The molecule has 180 valence electrons. The van der Waals surface area contributed by atoms with Crippen LogP contribution in [0.4, 0.5) is 4.39 Å². The molecule has 0 aliphatic rings. The fourth-order valence-electron chi connectivity index (χ4n) is 3.47. The van der Waals surface area contributed by atoms with E-state index in [1.807, 2.05) is 30.3 Å². The number of hydrogen-bond acceptors (Lipinski definition) is 7. The Kier molecular flexibility index (Phi) is 7.91. The quantitative estimate of drug-likeness (QED) is 0.310.